The topological polar surface area (TPSA) is 4.93 Å². The first-order valence-corrected chi connectivity index (χ1v) is 7.70. The Labute approximate surface area is 122 Å². The number of benzene rings is 2. The number of fused-ring (bicyclic) bond motifs is 3. The van der Waals surface area contributed by atoms with Gasteiger partial charge in [-0.2, -0.15) is 0 Å². The van der Waals surface area contributed by atoms with E-state index in [4.69, 9.17) is 0 Å². The second-order valence-corrected chi connectivity index (χ2v) is 6.02. The van der Waals surface area contributed by atoms with Gasteiger partial charge in [-0.05, 0) is 26.0 Å². The lowest BCUT2D eigenvalue weighted by Crippen LogP contribution is -2.03. The molecule has 0 bridgehead atoms. The van der Waals surface area contributed by atoms with Gasteiger partial charge in [0.1, 0.15) is 0 Å². The Morgan fingerprint density at radius 2 is 1.70 bits per heavy atom. The number of rotatable bonds is 0. The molecule has 1 aromatic heterocycles. The van der Waals surface area contributed by atoms with Gasteiger partial charge in [0.2, 0.25) is 0 Å². The van der Waals surface area contributed by atoms with E-state index in [9.17, 15) is 0 Å². The Balaban J connectivity index is 2.30. The Kier molecular flexibility index (Phi) is 2.54. The van der Waals surface area contributed by atoms with E-state index in [2.05, 4.69) is 73.0 Å². The first-order valence-electron chi connectivity index (χ1n) is 6.88. The largest absolute Gasteiger partial charge is 0.307 e. The molecule has 1 nitrogen and oxygen atoms in total. The lowest BCUT2D eigenvalue weighted by atomic mass is 10.1. The monoisotopic (exact) mass is 277 g/mol. The van der Waals surface area contributed by atoms with Crippen LogP contribution in [0.3, 0.4) is 0 Å². The number of nitrogens with zero attached hydrogens (tertiary/aromatic N) is 1. The van der Waals surface area contributed by atoms with Gasteiger partial charge in [0.15, 0.2) is 0 Å². The quantitative estimate of drug-likeness (QED) is 0.513. The standard InChI is InChI=1S/C18H15NS/c1-3-14-16(4-2)20-17-11-7-9-13-12-8-5-6-10-15(12)19(14)18(13)17/h3-11H,1-2H3/b14-3+,16-4+. The summed E-state index contributed by atoms with van der Waals surface area (Å²) in [4.78, 5) is 2.67. The molecule has 3 aromatic rings. The molecule has 0 radical (unpaired) electrons. The van der Waals surface area contributed by atoms with Gasteiger partial charge in [-0.1, -0.05) is 54.2 Å². The number of aromatic nitrogens is 1. The number of para-hydroxylation sites is 2. The smallest absolute Gasteiger partial charge is 0.0680 e. The van der Waals surface area contributed by atoms with Gasteiger partial charge in [0, 0.05) is 20.6 Å². The van der Waals surface area contributed by atoms with Crippen molar-refractivity contribution in [3.63, 3.8) is 0 Å². The summed E-state index contributed by atoms with van der Waals surface area (Å²) in [5.74, 6) is 0. The van der Waals surface area contributed by atoms with Crippen molar-refractivity contribution in [2.24, 2.45) is 0 Å². The zero-order valence-corrected chi connectivity index (χ0v) is 12.4. The molecule has 2 heterocycles. The first kappa shape index (κ1) is 11.9. The summed E-state index contributed by atoms with van der Waals surface area (Å²) in [6.07, 6.45) is 4.42. The summed E-state index contributed by atoms with van der Waals surface area (Å²) in [6, 6.07) is 15.3. The van der Waals surface area contributed by atoms with E-state index in [0.29, 0.717) is 0 Å². The summed E-state index contributed by atoms with van der Waals surface area (Å²) >= 11 is 1.87. The van der Waals surface area contributed by atoms with E-state index in [1.807, 2.05) is 11.8 Å². The third kappa shape index (κ3) is 1.40. The zero-order valence-electron chi connectivity index (χ0n) is 11.6. The SMILES string of the molecule is C/C=C1/Sc2cccc3c4ccccc4n(c23)/C1=C/C. The van der Waals surface area contributed by atoms with Crippen molar-refractivity contribution in [1.82, 2.24) is 4.57 Å². The van der Waals surface area contributed by atoms with Gasteiger partial charge in [-0.3, -0.25) is 0 Å². The molecule has 0 unspecified atom stereocenters. The summed E-state index contributed by atoms with van der Waals surface area (Å²) in [5, 5.41) is 2.68. The molecule has 0 amide bonds. The molecule has 0 saturated carbocycles. The molecule has 0 spiro atoms. The molecule has 0 N–H and O–H groups in total. The van der Waals surface area contributed by atoms with Crippen molar-refractivity contribution in [2.45, 2.75) is 18.7 Å². The van der Waals surface area contributed by atoms with Gasteiger partial charge in [-0.25, -0.2) is 0 Å². The molecule has 0 saturated heterocycles. The van der Waals surface area contributed by atoms with Gasteiger partial charge < -0.3 is 4.57 Å². The molecule has 2 heteroatoms. The van der Waals surface area contributed by atoms with Crippen molar-refractivity contribution in [1.29, 1.82) is 0 Å². The maximum Gasteiger partial charge on any atom is 0.0680 e. The molecule has 1 aliphatic rings. The lowest BCUT2D eigenvalue weighted by Gasteiger charge is -2.22. The second-order valence-electron chi connectivity index (χ2n) is 4.93. The highest BCUT2D eigenvalue weighted by molar-refractivity contribution is 8.04. The normalized spacial score (nSPS) is 18.5. The van der Waals surface area contributed by atoms with E-state index in [0.717, 1.165) is 0 Å². The average molecular weight is 277 g/mol. The van der Waals surface area contributed by atoms with Crippen LogP contribution in [0, 0.1) is 0 Å². The molecule has 0 atom stereocenters. The van der Waals surface area contributed by atoms with Crippen LogP contribution in [-0.2, 0) is 0 Å². The molecule has 20 heavy (non-hydrogen) atoms. The van der Waals surface area contributed by atoms with Crippen LogP contribution >= 0.6 is 11.8 Å². The fourth-order valence-electron chi connectivity index (χ4n) is 3.08. The van der Waals surface area contributed by atoms with E-state index >= 15 is 0 Å². The summed E-state index contributed by atoms with van der Waals surface area (Å²) in [7, 11) is 0. The summed E-state index contributed by atoms with van der Waals surface area (Å²) < 4.78 is 2.41. The second kappa shape index (κ2) is 4.29. The van der Waals surface area contributed by atoms with Crippen molar-refractivity contribution in [2.75, 3.05) is 0 Å². The minimum atomic E-state index is 1.29. The Bertz CT molecular complexity index is 896. The third-order valence-corrected chi connectivity index (χ3v) is 5.12. The maximum atomic E-state index is 2.41. The van der Waals surface area contributed by atoms with E-state index in [-0.39, 0.29) is 0 Å². The summed E-state index contributed by atoms with van der Waals surface area (Å²) in [6.45, 7) is 4.23. The van der Waals surface area contributed by atoms with Crippen LogP contribution in [0.5, 0.6) is 0 Å². The molecule has 98 valence electrons. The lowest BCUT2D eigenvalue weighted by molar-refractivity contribution is 1.18. The van der Waals surface area contributed by atoms with E-state index in [1.165, 1.54) is 37.3 Å². The van der Waals surface area contributed by atoms with Crippen molar-refractivity contribution in [3.05, 3.63) is 59.5 Å². The van der Waals surface area contributed by atoms with Crippen molar-refractivity contribution >= 4 is 39.3 Å². The van der Waals surface area contributed by atoms with Crippen LogP contribution in [0.4, 0.5) is 0 Å². The molecular weight excluding hydrogens is 262 g/mol. The van der Waals surface area contributed by atoms with Gasteiger partial charge in [0.25, 0.3) is 0 Å². The molecule has 0 fully saturated rings. The minimum absolute atomic E-state index is 1.29. The molecule has 4 rings (SSSR count). The Morgan fingerprint density at radius 3 is 2.50 bits per heavy atom. The Hall–Kier alpha value is -1.93. The average Bonchev–Trinajstić information content (AvgIpc) is 2.84. The van der Waals surface area contributed by atoms with E-state index < -0.39 is 0 Å². The highest BCUT2D eigenvalue weighted by Gasteiger charge is 2.23. The fraction of sp³-hybridized carbons (Fsp3) is 0.111. The van der Waals surface area contributed by atoms with Crippen molar-refractivity contribution in [3.8, 4) is 0 Å². The highest BCUT2D eigenvalue weighted by atomic mass is 32.2. The molecule has 1 aliphatic heterocycles. The fourth-order valence-corrected chi connectivity index (χ4v) is 4.19. The zero-order chi connectivity index (χ0) is 13.7. The third-order valence-electron chi connectivity index (χ3n) is 3.91. The van der Waals surface area contributed by atoms with Gasteiger partial charge in [0.05, 0.1) is 16.7 Å². The maximum absolute atomic E-state index is 2.41. The van der Waals surface area contributed by atoms with Crippen LogP contribution < -0.4 is 0 Å². The van der Waals surface area contributed by atoms with Gasteiger partial charge >= 0.3 is 0 Å². The van der Waals surface area contributed by atoms with Crippen molar-refractivity contribution < 1.29 is 0 Å². The van der Waals surface area contributed by atoms with E-state index in [1.54, 1.807) is 0 Å². The number of thioether (sulfide) groups is 1. The van der Waals surface area contributed by atoms with Crippen LogP contribution in [-0.4, -0.2) is 4.57 Å². The highest BCUT2D eigenvalue weighted by Crippen LogP contribution is 2.47. The van der Waals surface area contributed by atoms with Crippen LogP contribution in [0.15, 0.2) is 64.4 Å². The number of hydrogen-bond acceptors (Lipinski definition) is 1. The minimum Gasteiger partial charge on any atom is -0.307 e. The first-order chi connectivity index (χ1) is 9.85. The van der Waals surface area contributed by atoms with Crippen LogP contribution in [0.2, 0.25) is 0 Å². The Morgan fingerprint density at radius 1 is 0.900 bits per heavy atom. The number of hydrogen-bond donors (Lipinski definition) is 0. The number of allylic oxidation sites excluding steroid dienone is 3. The summed E-state index contributed by atoms with van der Waals surface area (Å²) in [5.41, 5.74) is 3.93. The van der Waals surface area contributed by atoms with Crippen LogP contribution in [0.25, 0.3) is 27.5 Å². The van der Waals surface area contributed by atoms with Crippen LogP contribution in [0.1, 0.15) is 13.8 Å². The predicted molar refractivity (Wildman–Crippen MR) is 89.0 cm³/mol. The predicted octanol–water partition coefficient (Wildman–Crippen LogP) is 5.66. The molecule has 0 aliphatic carbocycles. The molecule has 2 aromatic carbocycles. The van der Waals surface area contributed by atoms with Gasteiger partial charge in [-0.15, -0.1) is 0 Å². The molecular formula is C18H15NS.